The van der Waals surface area contributed by atoms with Crippen LogP contribution in [-0.4, -0.2) is 41.8 Å². The number of carbonyl (C=O) groups is 1. The summed E-state index contributed by atoms with van der Waals surface area (Å²) in [5.74, 6) is -2.99. The predicted octanol–water partition coefficient (Wildman–Crippen LogP) is 3.06. The fourth-order valence-corrected chi connectivity index (χ4v) is 4.56. The van der Waals surface area contributed by atoms with Crippen molar-refractivity contribution < 1.29 is 18.7 Å². The number of aromatic nitrogens is 1. The van der Waals surface area contributed by atoms with E-state index in [0.717, 1.165) is 12.8 Å². The molecule has 1 aliphatic carbocycles. The van der Waals surface area contributed by atoms with E-state index in [1.807, 2.05) is 20.9 Å². The van der Waals surface area contributed by atoms with Crippen molar-refractivity contribution in [3.05, 3.63) is 39.2 Å². The molecule has 0 radical (unpaired) electrons. The number of rotatable bonds is 4. The number of aromatic carboxylic acids is 1. The smallest absolute Gasteiger partial charge is 0.341 e. The quantitative estimate of drug-likeness (QED) is 0.818. The highest BCUT2D eigenvalue weighted by molar-refractivity contribution is 5.95. The summed E-state index contributed by atoms with van der Waals surface area (Å²) in [6.07, 6.45) is 2.74. The van der Waals surface area contributed by atoms with Crippen LogP contribution >= 0.6 is 0 Å². The summed E-state index contributed by atoms with van der Waals surface area (Å²) in [7, 11) is 1.83. The second-order valence-electron chi connectivity index (χ2n) is 8.85. The van der Waals surface area contributed by atoms with Crippen LogP contribution < -0.4 is 15.6 Å². The van der Waals surface area contributed by atoms with Crippen LogP contribution in [0.15, 0.2) is 11.0 Å². The zero-order valence-electron chi connectivity index (χ0n) is 17.0. The number of aryl methyl sites for hydroxylation is 1. The van der Waals surface area contributed by atoms with Gasteiger partial charge in [-0.15, -0.1) is 0 Å². The van der Waals surface area contributed by atoms with Crippen LogP contribution in [0.5, 0.6) is 0 Å². The molecule has 1 atom stereocenters. The molecule has 0 amide bonds. The number of carboxylic acids is 1. The SMILES string of the molecule is CN[C@@H]1CN(c2c(F)c(C)c3c(=O)c(C(=O)O)cn(C4CC4)c3c2F)CC1(C)C. The summed E-state index contributed by atoms with van der Waals surface area (Å²) in [4.78, 5) is 26.0. The second-order valence-corrected chi connectivity index (χ2v) is 8.85. The lowest BCUT2D eigenvalue weighted by molar-refractivity contribution is 0.0695. The first-order valence-electron chi connectivity index (χ1n) is 9.80. The van der Waals surface area contributed by atoms with E-state index in [9.17, 15) is 14.7 Å². The van der Waals surface area contributed by atoms with Gasteiger partial charge in [0.25, 0.3) is 0 Å². The van der Waals surface area contributed by atoms with Crippen molar-refractivity contribution in [2.24, 2.45) is 5.41 Å². The first-order chi connectivity index (χ1) is 13.6. The maximum Gasteiger partial charge on any atom is 0.341 e. The van der Waals surface area contributed by atoms with Crippen molar-refractivity contribution in [1.29, 1.82) is 0 Å². The number of carboxylic acid groups (broad SMARTS) is 1. The molecule has 2 aliphatic rings. The molecular weight excluding hydrogens is 380 g/mol. The lowest BCUT2D eigenvalue weighted by atomic mass is 9.88. The molecular formula is C21H25F2N3O3. The summed E-state index contributed by atoms with van der Waals surface area (Å²) in [6, 6.07) is -0.0270. The summed E-state index contributed by atoms with van der Waals surface area (Å²) < 4.78 is 32.7. The Bertz CT molecular complexity index is 1090. The van der Waals surface area contributed by atoms with Crippen molar-refractivity contribution in [3.63, 3.8) is 0 Å². The number of nitrogens with zero attached hydrogens (tertiary/aromatic N) is 2. The van der Waals surface area contributed by atoms with Crippen molar-refractivity contribution in [3.8, 4) is 0 Å². The minimum absolute atomic E-state index is 0.00196. The largest absolute Gasteiger partial charge is 0.477 e. The molecule has 1 aliphatic heterocycles. The molecule has 4 rings (SSSR count). The summed E-state index contributed by atoms with van der Waals surface area (Å²) in [6.45, 7) is 6.39. The molecule has 0 unspecified atom stereocenters. The van der Waals surface area contributed by atoms with Crippen molar-refractivity contribution in [2.45, 2.75) is 45.7 Å². The molecule has 1 saturated heterocycles. The van der Waals surface area contributed by atoms with Gasteiger partial charge in [0, 0.05) is 36.9 Å². The highest BCUT2D eigenvalue weighted by atomic mass is 19.1. The summed E-state index contributed by atoms with van der Waals surface area (Å²) >= 11 is 0. The number of hydrogen-bond donors (Lipinski definition) is 2. The summed E-state index contributed by atoms with van der Waals surface area (Å²) in [5.41, 5.74) is -1.65. The number of hydrogen-bond acceptors (Lipinski definition) is 4. The van der Waals surface area contributed by atoms with E-state index in [0.29, 0.717) is 13.1 Å². The first kappa shape index (κ1) is 19.8. The monoisotopic (exact) mass is 405 g/mol. The third-order valence-electron chi connectivity index (χ3n) is 6.34. The predicted molar refractivity (Wildman–Crippen MR) is 107 cm³/mol. The van der Waals surface area contributed by atoms with Gasteiger partial charge in [-0.2, -0.15) is 0 Å². The third-order valence-corrected chi connectivity index (χ3v) is 6.34. The number of likely N-dealkylation sites (N-methyl/N-ethyl adjacent to an activating group) is 1. The Labute approximate surface area is 167 Å². The normalized spacial score (nSPS) is 21.2. The van der Waals surface area contributed by atoms with Gasteiger partial charge in [0.1, 0.15) is 11.3 Å². The van der Waals surface area contributed by atoms with E-state index in [1.165, 1.54) is 17.7 Å². The average Bonchev–Trinajstić information content (AvgIpc) is 3.43. The lowest BCUT2D eigenvalue weighted by Gasteiger charge is -2.25. The molecule has 0 bridgehead atoms. The number of nitrogens with one attached hydrogen (secondary N) is 1. The fourth-order valence-electron chi connectivity index (χ4n) is 4.56. The number of fused-ring (bicyclic) bond motifs is 1. The Morgan fingerprint density at radius 2 is 1.93 bits per heavy atom. The topological polar surface area (TPSA) is 74.6 Å². The van der Waals surface area contributed by atoms with E-state index in [2.05, 4.69) is 5.32 Å². The first-order valence-corrected chi connectivity index (χ1v) is 9.80. The van der Waals surface area contributed by atoms with Gasteiger partial charge >= 0.3 is 5.97 Å². The highest BCUT2D eigenvalue weighted by Crippen LogP contribution is 2.42. The zero-order chi connectivity index (χ0) is 21.2. The molecule has 2 heterocycles. The van der Waals surface area contributed by atoms with E-state index >= 15 is 8.78 Å². The standard InChI is InChI=1S/C21H25F2N3O3/c1-10-14-17(26(11-5-6-11)7-12(19(14)27)20(28)29)16(23)18(15(10)22)25-8-13(24-4)21(2,3)9-25/h7,11,13,24H,5-6,8-9H2,1-4H3,(H,28,29)/t13-/m1/s1. The van der Waals surface area contributed by atoms with Crippen molar-refractivity contribution in [2.75, 3.05) is 25.0 Å². The van der Waals surface area contributed by atoms with Gasteiger partial charge in [-0.3, -0.25) is 4.79 Å². The second kappa shape index (κ2) is 6.52. The van der Waals surface area contributed by atoms with Crippen molar-refractivity contribution in [1.82, 2.24) is 9.88 Å². The molecule has 1 aromatic heterocycles. The highest BCUT2D eigenvalue weighted by Gasteiger charge is 2.41. The Hall–Kier alpha value is -2.48. The van der Waals surface area contributed by atoms with Gasteiger partial charge in [-0.1, -0.05) is 13.8 Å². The number of benzene rings is 1. The van der Waals surface area contributed by atoms with E-state index in [1.54, 1.807) is 4.90 Å². The third kappa shape index (κ3) is 2.92. The van der Waals surface area contributed by atoms with Gasteiger partial charge in [0.2, 0.25) is 5.43 Å². The van der Waals surface area contributed by atoms with E-state index < -0.39 is 28.6 Å². The van der Waals surface area contributed by atoms with Crippen molar-refractivity contribution >= 4 is 22.6 Å². The van der Waals surface area contributed by atoms with Gasteiger partial charge in [-0.25, -0.2) is 13.6 Å². The minimum atomic E-state index is -1.39. The van der Waals surface area contributed by atoms with Crippen LogP contribution in [-0.2, 0) is 0 Å². The maximum absolute atomic E-state index is 15.8. The minimum Gasteiger partial charge on any atom is -0.477 e. The van der Waals surface area contributed by atoms with Crippen LogP contribution in [0.4, 0.5) is 14.5 Å². The molecule has 2 fully saturated rings. The Morgan fingerprint density at radius 1 is 1.28 bits per heavy atom. The fraction of sp³-hybridized carbons (Fsp3) is 0.524. The molecule has 2 aromatic rings. The van der Waals surface area contributed by atoms with Gasteiger partial charge in [0.15, 0.2) is 11.6 Å². The molecule has 29 heavy (non-hydrogen) atoms. The van der Waals surface area contributed by atoms with E-state index in [4.69, 9.17) is 0 Å². The zero-order valence-corrected chi connectivity index (χ0v) is 17.0. The van der Waals surface area contributed by atoms with Crippen LogP contribution in [0.2, 0.25) is 0 Å². The molecule has 1 aromatic carbocycles. The molecule has 1 saturated carbocycles. The van der Waals surface area contributed by atoms with Crippen LogP contribution in [0, 0.1) is 24.0 Å². The average molecular weight is 405 g/mol. The van der Waals surface area contributed by atoms with Crippen LogP contribution in [0.3, 0.4) is 0 Å². The molecule has 6 nitrogen and oxygen atoms in total. The number of anilines is 1. The lowest BCUT2D eigenvalue weighted by Crippen LogP contribution is -2.38. The molecule has 0 spiro atoms. The van der Waals surface area contributed by atoms with Gasteiger partial charge in [-0.05, 0) is 32.2 Å². The molecule has 156 valence electrons. The molecule has 2 N–H and O–H groups in total. The molecule has 8 heteroatoms. The van der Waals surface area contributed by atoms with Gasteiger partial charge in [0.05, 0.1) is 10.9 Å². The summed E-state index contributed by atoms with van der Waals surface area (Å²) in [5, 5.41) is 12.4. The number of pyridine rings is 1. The van der Waals surface area contributed by atoms with Gasteiger partial charge < -0.3 is 19.9 Å². The maximum atomic E-state index is 15.8. The van der Waals surface area contributed by atoms with Crippen LogP contribution in [0.25, 0.3) is 10.9 Å². The van der Waals surface area contributed by atoms with Crippen LogP contribution in [0.1, 0.15) is 48.7 Å². The number of halogens is 2. The van der Waals surface area contributed by atoms with E-state index in [-0.39, 0.29) is 39.7 Å². The Balaban J connectivity index is 2.02. The Morgan fingerprint density at radius 3 is 2.45 bits per heavy atom. The Kier molecular flexibility index (Phi) is 4.45.